The lowest BCUT2D eigenvalue weighted by molar-refractivity contribution is -0.118. The van der Waals surface area contributed by atoms with Crippen LogP contribution in [0, 0.1) is 0 Å². The normalized spacial score (nSPS) is 12.1. The van der Waals surface area contributed by atoms with E-state index in [0.717, 1.165) is 15.4 Å². The number of aromatic nitrogens is 1. The van der Waals surface area contributed by atoms with Gasteiger partial charge >= 0.3 is 0 Å². The number of para-hydroxylation sites is 2. The zero-order valence-electron chi connectivity index (χ0n) is 12.9. The van der Waals surface area contributed by atoms with Crippen LogP contribution >= 0.6 is 15.9 Å². The van der Waals surface area contributed by atoms with Crippen molar-refractivity contribution in [3.05, 3.63) is 59.2 Å². The fourth-order valence-electron chi connectivity index (χ4n) is 2.58. The van der Waals surface area contributed by atoms with Gasteiger partial charge in [0, 0.05) is 21.6 Å². The van der Waals surface area contributed by atoms with Gasteiger partial charge in [-0.05, 0) is 43.3 Å². The molecule has 23 heavy (non-hydrogen) atoms. The molecular formula is C18H17BrN2O2. The number of hydrogen-bond acceptors (Lipinski definition) is 2. The van der Waals surface area contributed by atoms with E-state index in [4.69, 9.17) is 4.74 Å². The second kappa shape index (κ2) is 6.46. The predicted molar refractivity (Wildman–Crippen MR) is 96.0 cm³/mol. The van der Waals surface area contributed by atoms with Crippen LogP contribution in [0.1, 0.15) is 13.0 Å². The Hall–Kier alpha value is -2.27. The number of anilines is 1. The Morgan fingerprint density at radius 2 is 2.00 bits per heavy atom. The molecule has 3 aromatic rings. The zero-order valence-corrected chi connectivity index (χ0v) is 14.5. The van der Waals surface area contributed by atoms with Crippen LogP contribution in [-0.4, -0.2) is 17.6 Å². The molecule has 1 amide bonds. The van der Waals surface area contributed by atoms with Crippen molar-refractivity contribution in [2.45, 2.75) is 13.0 Å². The molecule has 1 unspecified atom stereocenters. The van der Waals surface area contributed by atoms with Gasteiger partial charge in [-0.3, -0.25) is 4.79 Å². The third-order valence-electron chi connectivity index (χ3n) is 3.84. The van der Waals surface area contributed by atoms with Crippen LogP contribution in [0.2, 0.25) is 0 Å². The topological polar surface area (TPSA) is 43.3 Å². The summed E-state index contributed by atoms with van der Waals surface area (Å²) in [5, 5.41) is 4.03. The molecule has 0 aliphatic rings. The van der Waals surface area contributed by atoms with Crippen LogP contribution < -0.4 is 10.1 Å². The number of carbonyl (C=O) groups excluding carboxylic acids is 1. The first-order valence-corrected chi connectivity index (χ1v) is 8.09. The number of carbonyl (C=O) groups is 1. The number of nitrogens with one attached hydrogen (secondary N) is 1. The average Bonchev–Trinajstić information content (AvgIpc) is 2.97. The van der Waals surface area contributed by atoms with E-state index in [2.05, 4.69) is 21.2 Å². The summed E-state index contributed by atoms with van der Waals surface area (Å²) < 4.78 is 8.26. The van der Waals surface area contributed by atoms with Gasteiger partial charge in [-0.2, -0.15) is 0 Å². The largest absolute Gasteiger partial charge is 0.495 e. The van der Waals surface area contributed by atoms with E-state index in [1.165, 1.54) is 0 Å². The smallest absolute Gasteiger partial charge is 0.247 e. The van der Waals surface area contributed by atoms with Crippen LogP contribution in [0.15, 0.2) is 59.2 Å². The van der Waals surface area contributed by atoms with Gasteiger partial charge in [-0.15, -0.1) is 0 Å². The van der Waals surface area contributed by atoms with Gasteiger partial charge in [0.25, 0.3) is 0 Å². The Bertz CT molecular complexity index is 857. The Morgan fingerprint density at radius 3 is 2.78 bits per heavy atom. The number of ether oxygens (including phenoxy) is 1. The first kappa shape index (κ1) is 15.6. The minimum atomic E-state index is -0.335. The first-order valence-electron chi connectivity index (χ1n) is 7.30. The molecule has 1 N–H and O–H groups in total. The number of amides is 1. The van der Waals surface area contributed by atoms with Gasteiger partial charge in [0.15, 0.2) is 0 Å². The van der Waals surface area contributed by atoms with Gasteiger partial charge in [0.05, 0.1) is 12.8 Å². The highest BCUT2D eigenvalue weighted by molar-refractivity contribution is 9.10. The molecule has 0 saturated carbocycles. The molecule has 1 atom stereocenters. The number of fused-ring (bicyclic) bond motifs is 1. The van der Waals surface area contributed by atoms with E-state index in [1.54, 1.807) is 7.11 Å². The quantitative estimate of drug-likeness (QED) is 0.726. The third kappa shape index (κ3) is 3.10. The highest BCUT2D eigenvalue weighted by Crippen LogP contribution is 2.27. The number of rotatable bonds is 4. The first-order chi connectivity index (χ1) is 11.1. The molecule has 0 fully saturated rings. The summed E-state index contributed by atoms with van der Waals surface area (Å²) in [6.45, 7) is 1.88. The van der Waals surface area contributed by atoms with Crippen molar-refractivity contribution in [2.75, 3.05) is 12.4 Å². The van der Waals surface area contributed by atoms with E-state index in [9.17, 15) is 4.79 Å². The Balaban J connectivity index is 1.86. The number of nitrogens with zero attached hydrogens (tertiary/aromatic N) is 1. The maximum absolute atomic E-state index is 12.6. The van der Waals surface area contributed by atoms with Crippen molar-refractivity contribution in [1.82, 2.24) is 4.57 Å². The van der Waals surface area contributed by atoms with Crippen LogP contribution in [-0.2, 0) is 4.79 Å². The number of halogens is 1. The van der Waals surface area contributed by atoms with Gasteiger partial charge < -0.3 is 14.6 Å². The van der Waals surface area contributed by atoms with Crippen molar-refractivity contribution in [2.24, 2.45) is 0 Å². The van der Waals surface area contributed by atoms with Crippen molar-refractivity contribution < 1.29 is 9.53 Å². The highest BCUT2D eigenvalue weighted by Gasteiger charge is 2.18. The fourth-order valence-corrected chi connectivity index (χ4v) is 2.96. The lowest BCUT2D eigenvalue weighted by Crippen LogP contribution is -2.23. The minimum Gasteiger partial charge on any atom is -0.495 e. The molecule has 0 radical (unpaired) electrons. The molecule has 5 heteroatoms. The maximum atomic E-state index is 12.6. The average molecular weight is 373 g/mol. The standard InChI is InChI=1S/C18H17BrN2O2/c1-12(18(22)20-15-5-3-4-6-17(15)23-2)21-10-9-13-11-14(19)7-8-16(13)21/h3-12H,1-2H3,(H,20,22). The number of hydrogen-bond donors (Lipinski definition) is 1. The predicted octanol–water partition coefficient (Wildman–Crippen LogP) is 4.61. The van der Waals surface area contributed by atoms with Gasteiger partial charge in [-0.1, -0.05) is 28.1 Å². The van der Waals surface area contributed by atoms with Crippen LogP contribution in [0.3, 0.4) is 0 Å². The summed E-state index contributed by atoms with van der Waals surface area (Å²) in [5.41, 5.74) is 1.70. The molecular weight excluding hydrogens is 356 g/mol. The molecule has 0 bridgehead atoms. The van der Waals surface area contributed by atoms with E-state index in [-0.39, 0.29) is 11.9 Å². The molecule has 2 aromatic carbocycles. The van der Waals surface area contributed by atoms with Crippen LogP contribution in [0.4, 0.5) is 5.69 Å². The van der Waals surface area contributed by atoms with Crippen molar-refractivity contribution in [1.29, 1.82) is 0 Å². The number of methoxy groups -OCH3 is 1. The third-order valence-corrected chi connectivity index (χ3v) is 4.34. The van der Waals surface area contributed by atoms with Crippen molar-refractivity contribution in [3.8, 4) is 5.75 Å². The molecule has 0 spiro atoms. The number of benzene rings is 2. The van der Waals surface area contributed by atoms with E-state index >= 15 is 0 Å². The van der Waals surface area contributed by atoms with Gasteiger partial charge in [0.2, 0.25) is 5.91 Å². The molecule has 4 nitrogen and oxygen atoms in total. The molecule has 0 aliphatic carbocycles. The van der Waals surface area contributed by atoms with Crippen molar-refractivity contribution in [3.63, 3.8) is 0 Å². The van der Waals surface area contributed by atoms with E-state index < -0.39 is 0 Å². The fraction of sp³-hybridized carbons (Fsp3) is 0.167. The lowest BCUT2D eigenvalue weighted by Gasteiger charge is -2.16. The van der Waals surface area contributed by atoms with E-state index in [0.29, 0.717) is 11.4 Å². The second-order valence-electron chi connectivity index (χ2n) is 5.29. The monoisotopic (exact) mass is 372 g/mol. The second-order valence-corrected chi connectivity index (χ2v) is 6.21. The summed E-state index contributed by atoms with van der Waals surface area (Å²) in [4.78, 5) is 12.6. The molecule has 118 valence electrons. The maximum Gasteiger partial charge on any atom is 0.247 e. The SMILES string of the molecule is COc1ccccc1NC(=O)C(C)n1ccc2cc(Br)ccc21. The Kier molecular flexibility index (Phi) is 4.39. The van der Waals surface area contributed by atoms with Gasteiger partial charge in [0.1, 0.15) is 11.8 Å². The van der Waals surface area contributed by atoms with Crippen molar-refractivity contribution >= 4 is 38.4 Å². The molecule has 1 heterocycles. The summed E-state index contributed by atoms with van der Waals surface area (Å²) in [5.74, 6) is 0.560. The molecule has 1 aromatic heterocycles. The molecule has 3 rings (SSSR count). The Labute approximate surface area is 143 Å². The lowest BCUT2D eigenvalue weighted by atomic mass is 10.2. The zero-order chi connectivity index (χ0) is 16.4. The summed E-state index contributed by atoms with van der Waals surface area (Å²) in [6, 6.07) is 15.1. The molecule has 0 saturated heterocycles. The summed E-state index contributed by atoms with van der Waals surface area (Å²) >= 11 is 3.47. The Morgan fingerprint density at radius 1 is 1.22 bits per heavy atom. The summed E-state index contributed by atoms with van der Waals surface area (Å²) in [7, 11) is 1.59. The van der Waals surface area contributed by atoms with Crippen LogP contribution in [0.5, 0.6) is 5.75 Å². The summed E-state index contributed by atoms with van der Waals surface area (Å²) in [6.07, 6.45) is 1.93. The highest BCUT2D eigenvalue weighted by atomic mass is 79.9. The molecule has 0 aliphatic heterocycles. The van der Waals surface area contributed by atoms with Crippen LogP contribution in [0.25, 0.3) is 10.9 Å². The van der Waals surface area contributed by atoms with Gasteiger partial charge in [-0.25, -0.2) is 0 Å². The minimum absolute atomic E-state index is 0.0880. The van der Waals surface area contributed by atoms with E-state index in [1.807, 2.05) is 66.2 Å².